The Balaban J connectivity index is 2.02. The summed E-state index contributed by atoms with van der Waals surface area (Å²) in [5, 5.41) is 48.1. The third-order valence-corrected chi connectivity index (χ3v) is 3.36. The van der Waals surface area contributed by atoms with Crippen LogP contribution in [0.25, 0.3) is 0 Å². The first-order valence-corrected chi connectivity index (χ1v) is 6.08. The summed E-state index contributed by atoms with van der Waals surface area (Å²) in [6, 6.07) is 9.10. The lowest BCUT2D eigenvalue weighted by atomic mass is 9.85. The van der Waals surface area contributed by atoms with Crippen LogP contribution in [0.4, 0.5) is 0 Å². The van der Waals surface area contributed by atoms with Crippen molar-refractivity contribution in [2.75, 3.05) is 0 Å². The molecule has 6 nitrogen and oxygen atoms in total. The normalized spacial score (nSPS) is 39.2. The lowest BCUT2D eigenvalue weighted by Crippen LogP contribution is -2.64. The van der Waals surface area contributed by atoms with Gasteiger partial charge in [0.25, 0.3) is 0 Å². The number of benzene rings is 1. The molecule has 0 aliphatic heterocycles. The molecule has 0 aromatic heterocycles. The van der Waals surface area contributed by atoms with E-state index in [1.54, 1.807) is 0 Å². The molecule has 0 amide bonds. The zero-order chi connectivity index (χ0) is 14.0. The Kier molecular flexibility index (Phi) is 4.51. The van der Waals surface area contributed by atoms with Crippen LogP contribution in [-0.4, -0.2) is 62.2 Å². The molecule has 19 heavy (non-hydrogen) atoms. The van der Waals surface area contributed by atoms with Crippen molar-refractivity contribution in [2.24, 2.45) is 0 Å². The first-order valence-electron chi connectivity index (χ1n) is 6.08. The molecule has 1 aromatic rings. The number of hydrogen-bond acceptors (Lipinski definition) is 6. The average molecular weight is 270 g/mol. The predicted octanol–water partition coefficient (Wildman–Crippen LogP) is -1.61. The molecule has 1 aliphatic carbocycles. The topological polar surface area (TPSA) is 110 Å². The van der Waals surface area contributed by atoms with Gasteiger partial charge in [0.2, 0.25) is 0 Å². The molecule has 1 aromatic carbocycles. The van der Waals surface area contributed by atoms with Crippen molar-refractivity contribution in [3.05, 3.63) is 35.9 Å². The Labute approximate surface area is 110 Å². The zero-order valence-electron chi connectivity index (χ0n) is 10.2. The second-order valence-corrected chi connectivity index (χ2v) is 4.71. The van der Waals surface area contributed by atoms with E-state index in [1.165, 1.54) is 0 Å². The van der Waals surface area contributed by atoms with Gasteiger partial charge in [-0.25, -0.2) is 0 Å². The Bertz CT molecular complexity index is 381. The van der Waals surface area contributed by atoms with Crippen LogP contribution in [0.1, 0.15) is 5.56 Å². The molecule has 2 rings (SSSR count). The fraction of sp³-hybridized carbons (Fsp3) is 0.538. The van der Waals surface area contributed by atoms with Crippen molar-refractivity contribution >= 4 is 0 Å². The third-order valence-electron chi connectivity index (χ3n) is 3.36. The van der Waals surface area contributed by atoms with Gasteiger partial charge in [0.1, 0.15) is 36.6 Å². The molecule has 1 aliphatic rings. The molecule has 1 saturated carbocycles. The second kappa shape index (κ2) is 5.96. The first-order chi connectivity index (χ1) is 9.02. The Morgan fingerprint density at radius 2 is 1.21 bits per heavy atom. The number of aliphatic hydroxyl groups is 5. The van der Waals surface area contributed by atoms with E-state index in [1.807, 2.05) is 30.3 Å². The molecule has 6 atom stereocenters. The number of rotatable bonds is 3. The summed E-state index contributed by atoms with van der Waals surface area (Å²) in [5.74, 6) is 0. The minimum Gasteiger partial charge on any atom is -0.387 e. The summed E-state index contributed by atoms with van der Waals surface area (Å²) in [6.07, 6.45) is -8.79. The predicted molar refractivity (Wildman–Crippen MR) is 65.1 cm³/mol. The molecule has 0 saturated heterocycles. The van der Waals surface area contributed by atoms with Crippen LogP contribution >= 0.6 is 0 Å². The number of hydrogen-bond donors (Lipinski definition) is 5. The lowest BCUT2D eigenvalue weighted by Gasteiger charge is -2.41. The summed E-state index contributed by atoms with van der Waals surface area (Å²) in [4.78, 5) is 0. The minimum atomic E-state index is -1.60. The molecule has 6 heteroatoms. The van der Waals surface area contributed by atoms with Gasteiger partial charge in [0.15, 0.2) is 0 Å². The molecule has 0 radical (unpaired) electrons. The maximum absolute atomic E-state index is 9.77. The molecule has 0 heterocycles. The van der Waals surface area contributed by atoms with E-state index in [0.717, 1.165) is 5.56 Å². The SMILES string of the molecule is O[C@@H]1[C@@H](O)[C@H](O)[C@@H](OCc2ccccc2)[C@@H](O)[C@H]1O. The standard InChI is InChI=1S/C13H18O6/c14-8-9(15)11(17)13(12(18)10(8)16)19-6-7-4-2-1-3-5-7/h1-5,8-18H,6H2/t8-,9-,10+,11-,12-,13-/m0/s1. The second-order valence-electron chi connectivity index (χ2n) is 4.71. The first kappa shape index (κ1) is 14.4. The summed E-state index contributed by atoms with van der Waals surface area (Å²) >= 11 is 0. The fourth-order valence-corrected chi connectivity index (χ4v) is 2.16. The summed E-state index contributed by atoms with van der Waals surface area (Å²) in [6.45, 7) is 0.120. The average Bonchev–Trinajstić information content (AvgIpc) is 2.44. The van der Waals surface area contributed by atoms with Crippen molar-refractivity contribution in [2.45, 2.75) is 43.2 Å². The highest BCUT2D eigenvalue weighted by Gasteiger charge is 2.48. The highest BCUT2D eigenvalue weighted by Crippen LogP contribution is 2.24. The van der Waals surface area contributed by atoms with Crippen LogP contribution < -0.4 is 0 Å². The van der Waals surface area contributed by atoms with Gasteiger partial charge in [0.05, 0.1) is 6.61 Å². The Morgan fingerprint density at radius 3 is 1.74 bits per heavy atom. The van der Waals surface area contributed by atoms with E-state index in [-0.39, 0.29) is 6.61 Å². The fourth-order valence-electron chi connectivity index (χ4n) is 2.16. The van der Waals surface area contributed by atoms with Gasteiger partial charge in [-0.3, -0.25) is 0 Å². The third kappa shape index (κ3) is 2.94. The monoisotopic (exact) mass is 270 g/mol. The molecule has 1 fully saturated rings. The maximum atomic E-state index is 9.77. The highest BCUT2D eigenvalue weighted by atomic mass is 16.5. The highest BCUT2D eigenvalue weighted by molar-refractivity contribution is 5.13. The van der Waals surface area contributed by atoms with Crippen molar-refractivity contribution < 1.29 is 30.3 Å². The molecule has 106 valence electrons. The largest absolute Gasteiger partial charge is 0.387 e. The summed E-state index contributed by atoms with van der Waals surface area (Å²) < 4.78 is 5.35. The smallest absolute Gasteiger partial charge is 0.115 e. The molecule has 0 spiro atoms. The van der Waals surface area contributed by atoms with Gasteiger partial charge < -0.3 is 30.3 Å². The summed E-state index contributed by atoms with van der Waals surface area (Å²) in [5.41, 5.74) is 0.831. The Hall–Kier alpha value is -1.02. The number of ether oxygens (including phenoxy) is 1. The van der Waals surface area contributed by atoms with E-state index in [4.69, 9.17) is 4.74 Å². The quantitative estimate of drug-likeness (QED) is 0.452. The van der Waals surface area contributed by atoms with Gasteiger partial charge in [-0.2, -0.15) is 0 Å². The van der Waals surface area contributed by atoms with E-state index >= 15 is 0 Å². The van der Waals surface area contributed by atoms with Crippen LogP contribution in [0.15, 0.2) is 30.3 Å². The molecule has 0 bridgehead atoms. The van der Waals surface area contributed by atoms with E-state index in [0.29, 0.717) is 0 Å². The van der Waals surface area contributed by atoms with Crippen molar-refractivity contribution in [3.63, 3.8) is 0 Å². The van der Waals surface area contributed by atoms with E-state index < -0.39 is 36.6 Å². The van der Waals surface area contributed by atoms with Crippen molar-refractivity contribution in [1.82, 2.24) is 0 Å². The van der Waals surface area contributed by atoms with Gasteiger partial charge in [0, 0.05) is 0 Å². The van der Waals surface area contributed by atoms with Gasteiger partial charge in [-0.15, -0.1) is 0 Å². The van der Waals surface area contributed by atoms with Crippen LogP contribution in [-0.2, 0) is 11.3 Å². The van der Waals surface area contributed by atoms with Crippen LogP contribution in [0.5, 0.6) is 0 Å². The number of aliphatic hydroxyl groups excluding tert-OH is 5. The van der Waals surface area contributed by atoms with E-state index in [2.05, 4.69) is 0 Å². The summed E-state index contributed by atoms with van der Waals surface area (Å²) in [7, 11) is 0. The van der Waals surface area contributed by atoms with Crippen LogP contribution in [0.2, 0.25) is 0 Å². The van der Waals surface area contributed by atoms with Crippen molar-refractivity contribution in [3.8, 4) is 0 Å². The van der Waals surface area contributed by atoms with Gasteiger partial charge in [-0.05, 0) is 5.56 Å². The van der Waals surface area contributed by atoms with E-state index in [9.17, 15) is 25.5 Å². The molecule has 5 N–H and O–H groups in total. The van der Waals surface area contributed by atoms with Crippen LogP contribution in [0, 0.1) is 0 Å². The Morgan fingerprint density at radius 1 is 0.737 bits per heavy atom. The van der Waals surface area contributed by atoms with Gasteiger partial charge in [-0.1, -0.05) is 30.3 Å². The van der Waals surface area contributed by atoms with Crippen molar-refractivity contribution in [1.29, 1.82) is 0 Å². The molecule has 0 unspecified atom stereocenters. The minimum absolute atomic E-state index is 0.120. The molecular formula is C13H18O6. The lowest BCUT2D eigenvalue weighted by molar-refractivity contribution is -0.237. The van der Waals surface area contributed by atoms with Crippen LogP contribution in [0.3, 0.4) is 0 Å². The molecular weight excluding hydrogens is 252 g/mol. The maximum Gasteiger partial charge on any atom is 0.115 e. The van der Waals surface area contributed by atoms with Gasteiger partial charge >= 0.3 is 0 Å². The zero-order valence-corrected chi connectivity index (χ0v) is 10.2.